The minimum absolute atomic E-state index is 0.165. The van der Waals surface area contributed by atoms with E-state index in [4.69, 9.17) is 9.47 Å². The highest BCUT2D eigenvalue weighted by Gasteiger charge is 2.34. The third kappa shape index (κ3) is 13.4. The van der Waals surface area contributed by atoms with E-state index in [-0.39, 0.29) is 71.8 Å². The summed E-state index contributed by atoms with van der Waals surface area (Å²) in [6.45, 7) is 11.2. The number of carbonyl (C=O) groups is 6. The molecule has 16 heteroatoms. The lowest BCUT2D eigenvalue weighted by Gasteiger charge is -2.25. The number of carbonyl (C=O) groups excluding carboxylic acids is 6. The highest BCUT2D eigenvalue weighted by Crippen LogP contribution is 2.36. The van der Waals surface area contributed by atoms with Gasteiger partial charge in [0.2, 0.25) is 11.8 Å². The minimum atomic E-state index is -0.798. The van der Waals surface area contributed by atoms with Crippen LogP contribution in [0.25, 0.3) is 0 Å². The first-order valence-electron chi connectivity index (χ1n) is 17.8. The van der Waals surface area contributed by atoms with Crippen molar-refractivity contribution in [2.24, 2.45) is 0 Å². The van der Waals surface area contributed by atoms with Crippen LogP contribution in [-0.2, 0) is 19.1 Å². The third-order valence-corrected chi connectivity index (χ3v) is 9.08. The Bertz CT molecular complexity index is 1550. The lowest BCUT2D eigenvalue weighted by molar-refractivity contribution is -0.123. The first kappa shape index (κ1) is 44.0. The smallest absolute Gasteiger partial charge is 0.408 e. The zero-order valence-corrected chi connectivity index (χ0v) is 34.0. The van der Waals surface area contributed by atoms with Crippen molar-refractivity contribution in [1.29, 1.82) is 0 Å². The van der Waals surface area contributed by atoms with Gasteiger partial charge in [-0.05, 0) is 90.5 Å². The predicted molar refractivity (Wildman–Crippen MR) is 215 cm³/mol. The van der Waals surface area contributed by atoms with Crippen LogP contribution in [0.5, 0.6) is 0 Å². The second-order valence-electron chi connectivity index (χ2n) is 14.5. The van der Waals surface area contributed by atoms with Gasteiger partial charge in [0.1, 0.15) is 23.3 Å². The van der Waals surface area contributed by atoms with Crippen LogP contribution in [0.3, 0.4) is 0 Å². The summed E-state index contributed by atoms with van der Waals surface area (Å²) in [4.78, 5) is 78.6. The van der Waals surface area contributed by atoms with Crippen molar-refractivity contribution in [1.82, 2.24) is 21.3 Å². The molecule has 0 saturated carbocycles. The van der Waals surface area contributed by atoms with Crippen molar-refractivity contribution in [2.45, 2.75) is 77.7 Å². The summed E-state index contributed by atoms with van der Waals surface area (Å²) in [6, 6.07) is 8.41. The molecule has 0 aliphatic heterocycles. The molecule has 14 nitrogen and oxygen atoms in total. The normalized spacial score (nSPS) is 13.4. The van der Waals surface area contributed by atoms with Gasteiger partial charge in [0, 0.05) is 48.7 Å². The zero-order chi connectivity index (χ0) is 40.1. The molecule has 0 heterocycles. The van der Waals surface area contributed by atoms with Crippen LogP contribution < -0.4 is 31.9 Å². The Hall–Kier alpha value is -4.44. The standard InChI is InChI=1S/C38H54N6O8S2/c1-37(2,3)51-35(49)43-27(15-21-53-7)33(47)41-19-17-39-25-13-14-26(30-29(25)31(45)23-11-9-10-12-24(23)32(30)46)40-18-20-42-34(48)28(16-22-54-8)44-36(50)52-38(4,5)6/h9-14,27-28,39-40H,15-22H2,1-8H3,(H,41,47)(H,42,48)(H,43,49)(H,44,50)/t27-,28-/m0/s1. The van der Waals surface area contributed by atoms with Crippen LogP contribution in [0.2, 0.25) is 0 Å². The van der Waals surface area contributed by atoms with Crippen LogP contribution in [0.4, 0.5) is 21.0 Å². The summed E-state index contributed by atoms with van der Waals surface area (Å²) >= 11 is 3.10. The fourth-order valence-corrected chi connectivity index (χ4v) is 6.38. The van der Waals surface area contributed by atoms with Crippen LogP contribution in [-0.4, -0.2) is 109 Å². The highest BCUT2D eigenvalue weighted by atomic mass is 32.2. The number of benzene rings is 2. The fourth-order valence-electron chi connectivity index (χ4n) is 5.44. The highest BCUT2D eigenvalue weighted by molar-refractivity contribution is 7.98. The van der Waals surface area contributed by atoms with E-state index in [2.05, 4.69) is 31.9 Å². The molecule has 0 bridgehead atoms. The second-order valence-corrected chi connectivity index (χ2v) is 16.5. The van der Waals surface area contributed by atoms with E-state index in [1.165, 1.54) is 0 Å². The average molecular weight is 787 g/mol. The Kier molecular flexibility index (Phi) is 16.5. The van der Waals surface area contributed by atoms with Gasteiger partial charge in [-0.3, -0.25) is 19.2 Å². The maximum absolute atomic E-state index is 13.9. The van der Waals surface area contributed by atoms with E-state index >= 15 is 0 Å². The van der Waals surface area contributed by atoms with Gasteiger partial charge in [0.15, 0.2) is 11.6 Å². The minimum Gasteiger partial charge on any atom is -0.444 e. The van der Waals surface area contributed by atoms with Crippen molar-refractivity contribution in [3.63, 3.8) is 0 Å². The maximum Gasteiger partial charge on any atom is 0.408 e. The Morgan fingerprint density at radius 1 is 0.611 bits per heavy atom. The number of hydrogen-bond acceptors (Lipinski definition) is 12. The molecule has 4 amide bonds. The first-order valence-corrected chi connectivity index (χ1v) is 20.6. The molecule has 0 fully saturated rings. The SMILES string of the molecule is CSCC[C@H](NC(=O)OC(C)(C)C)C(=O)NCCNc1ccc(NCCNC(=O)[C@H](CCSC)NC(=O)OC(C)(C)C)c2c1C(=O)c1ccccc1C2=O. The molecule has 0 spiro atoms. The number of alkyl carbamates (subject to hydrolysis) is 2. The molecule has 3 rings (SSSR count). The van der Waals surface area contributed by atoms with Crippen molar-refractivity contribution in [3.8, 4) is 0 Å². The quantitative estimate of drug-likeness (QED) is 0.0966. The summed E-state index contributed by atoms with van der Waals surface area (Å²) in [6.07, 6.45) is 3.27. The number of anilines is 2. The summed E-state index contributed by atoms with van der Waals surface area (Å²) in [7, 11) is 0. The number of ether oxygens (including phenoxy) is 2. The molecule has 6 N–H and O–H groups in total. The molecule has 2 aromatic carbocycles. The monoisotopic (exact) mass is 786 g/mol. The lowest BCUT2D eigenvalue weighted by atomic mass is 9.82. The number of fused-ring (bicyclic) bond motifs is 2. The van der Waals surface area contributed by atoms with Gasteiger partial charge < -0.3 is 41.4 Å². The molecule has 0 aromatic heterocycles. The average Bonchev–Trinajstić information content (AvgIpc) is 3.09. The molecule has 296 valence electrons. The maximum atomic E-state index is 13.9. The topological polar surface area (TPSA) is 193 Å². The molecule has 0 saturated heterocycles. The zero-order valence-electron chi connectivity index (χ0n) is 32.4. The Balaban J connectivity index is 1.71. The Morgan fingerprint density at radius 2 is 0.981 bits per heavy atom. The Morgan fingerprint density at radius 3 is 1.31 bits per heavy atom. The van der Waals surface area contributed by atoms with Crippen molar-refractivity contribution in [3.05, 3.63) is 58.7 Å². The molecule has 1 aliphatic carbocycles. The molecule has 54 heavy (non-hydrogen) atoms. The summed E-state index contributed by atoms with van der Waals surface area (Å²) < 4.78 is 10.7. The molecular formula is C38H54N6O8S2. The van der Waals surface area contributed by atoms with Crippen molar-refractivity contribution >= 4 is 70.5 Å². The molecule has 2 atom stereocenters. The molecular weight excluding hydrogens is 733 g/mol. The lowest BCUT2D eigenvalue weighted by Crippen LogP contribution is -2.49. The largest absolute Gasteiger partial charge is 0.444 e. The molecule has 1 aliphatic rings. The number of ketones is 2. The number of hydrogen-bond donors (Lipinski definition) is 6. The van der Waals surface area contributed by atoms with E-state index in [1.54, 1.807) is 101 Å². The second kappa shape index (κ2) is 20.3. The van der Waals surface area contributed by atoms with Crippen LogP contribution in [0.1, 0.15) is 86.2 Å². The first-order chi connectivity index (χ1) is 25.5. The number of thioether (sulfide) groups is 2. The van der Waals surface area contributed by atoms with Gasteiger partial charge >= 0.3 is 12.2 Å². The summed E-state index contributed by atoms with van der Waals surface area (Å²) in [5.74, 6) is -0.109. The van der Waals surface area contributed by atoms with Crippen LogP contribution >= 0.6 is 23.5 Å². The van der Waals surface area contributed by atoms with Crippen molar-refractivity contribution in [2.75, 3.05) is 60.8 Å². The third-order valence-electron chi connectivity index (χ3n) is 7.79. The number of amides is 4. The van der Waals surface area contributed by atoms with E-state index in [0.29, 0.717) is 35.7 Å². The fraction of sp³-hybridized carbons (Fsp3) is 0.526. The van der Waals surface area contributed by atoms with Crippen molar-refractivity contribution < 1.29 is 38.2 Å². The van der Waals surface area contributed by atoms with E-state index in [9.17, 15) is 28.8 Å². The van der Waals surface area contributed by atoms with Gasteiger partial charge in [0.05, 0.1) is 11.1 Å². The van der Waals surface area contributed by atoms with Gasteiger partial charge in [-0.1, -0.05) is 24.3 Å². The van der Waals surface area contributed by atoms with Gasteiger partial charge in [-0.15, -0.1) is 0 Å². The van der Waals surface area contributed by atoms with Crippen LogP contribution in [0, 0.1) is 0 Å². The summed E-state index contributed by atoms with van der Waals surface area (Å²) in [5, 5.41) is 17.3. The molecule has 0 unspecified atom stereocenters. The van der Waals surface area contributed by atoms with E-state index < -0.39 is 35.5 Å². The number of rotatable bonds is 18. The van der Waals surface area contributed by atoms with Gasteiger partial charge in [-0.2, -0.15) is 23.5 Å². The summed E-state index contributed by atoms with van der Waals surface area (Å²) in [5.41, 5.74) is 0.372. The van der Waals surface area contributed by atoms with Gasteiger partial charge in [-0.25, -0.2) is 9.59 Å². The van der Waals surface area contributed by atoms with Crippen LogP contribution in [0.15, 0.2) is 36.4 Å². The van der Waals surface area contributed by atoms with Gasteiger partial charge in [0.25, 0.3) is 0 Å². The predicted octanol–water partition coefficient (Wildman–Crippen LogP) is 4.81. The molecule has 2 aromatic rings. The number of nitrogens with one attached hydrogen (secondary N) is 6. The Labute approximate surface area is 326 Å². The van der Waals surface area contributed by atoms with E-state index in [1.807, 2.05) is 12.5 Å². The van der Waals surface area contributed by atoms with E-state index in [0.717, 1.165) is 0 Å². The molecule has 0 radical (unpaired) electrons.